The molecule has 0 atom stereocenters. The fourth-order valence-electron chi connectivity index (χ4n) is 1.42. The van der Waals surface area contributed by atoms with Gasteiger partial charge in [0.25, 0.3) is 0 Å². The Morgan fingerprint density at radius 3 is 2.48 bits per heavy atom. The lowest BCUT2D eigenvalue weighted by Gasteiger charge is -2.13. The molecule has 0 saturated heterocycles. The first kappa shape index (κ1) is 16.5. The zero-order chi connectivity index (χ0) is 16.0. The fourth-order valence-corrected chi connectivity index (χ4v) is 1.42. The molecule has 0 bridgehead atoms. The molecule has 21 heavy (non-hydrogen) atoms. The van der Waals surface area contributed by atoms with Gasteiger partial charge in [0.15, 0.2) is 0 Å². The Morgan fingerprint density at radius 2 is 1.95 bits per heavy atom. The van der Waals surface area contributed by atoms with Crippen LogP contribution in [0.3, 0.4) is 0 Å². The first-order chi connectivity index (χ1) is 9.77. The summed E-state index contributed by atoms with van der Waals surface area (Å²) in [5.41, 5.74) is -2.30. The number of carboxylic acids is 1. The van der Waals surface area contributed by atoms with Crippen molar-refractivity contribution in [1.29, 1.82) is 0 Å². The van der Waals surface area contributed by atoms with Gasteiger partial charge in [0.05, 0.1) is 29.4 Å². The standard InChI is InChI=1S/C13H12F3NO4/c1-2-21-12(20)8(11(18)19)7-17-10-6-4-3-5-9(10)13(14,15)16/h3-7,17H,2H2,1H3,(H,18,19)/p-1. The number of esters is 1. The molecule has 5 nitrogen and oxygen atoms in total. The lowest BCUT2D eigenvalue weighted by molar-refractivity contribution is -0.299. The van der Waals surface area contributed by atoms with Crippen LogP contribution < -0.4 is 10.4 Å². The summed E-state index contributed by atoms with van der Waals surface area (Å²) in [5.74, 6) is -3.06. The molecule has 1 rings (SSSR count). The van der Waals surface area contributed by atoms with Crippen molar-refractivity contribution in [2.75, 3.05) is 11.9 Å². The highest BCUT2D eigenvalue weighted by molar-refractivity contribution is 6.12. The Bertz CT molecular complexity index is 567. The summed E-state index contributed by atoms with van der Waals surface area (Å²) >= 11 is 0. The number of hydrogen-bond donors (Lipinski definition) is 1. The van der Waals surface area contributed by atoms with E-state index in [2.05, 4.69) is 10.1 Å². The Kier molecular flexibility index (Phi) is 5.34. The molecule has 0 unspecified atom stereocenters. The minimum absolute atomic E-state index is 0.0808. The average molecular weight is 302 g/mol. The number of alkyl halides is 3. The average Bonchev–Trinajstić information content (AvgIpc) is 2.38. The number of hydrogen-bond acceptors (Lipinski definition) is 5. The number of halogens is 3. The van der Waals surface area contributed by atoms with E-state index in [4.69, 9.17) is 0 Å². The van der Waals surface area contributed by atoms with E-state index in [1.807, 2.05) is 0 Å². The van der Waals surface area contributed by atoms with Gasteiger partial charge >= 0.3 is 12.1 Å². The summed E-state index contributed by atoms with van der Waals surface area (Å²) in [6.45, 7) is 1.37. The highest BCUT2D eigenvalue weighted by Gasteiger charge is 2.33. The van der Waals surface area contributed by atoms with Crippen molar-refractivity contribution in [3.8, 4) is 0 Å². The predicted molar refractivity (Wildman–Crippen MR) is 64.8 cm³/mol. The Hall–Kier alpha value is -2.51. The van der Waals surface area contributed by atoms with Crippen molar-refractivity contribution in [3.05, 3.63) is 41.6 Å². The second-order valence-corrected chi connectivity index (χ2v) is 3.75. The Morgan fingerprint density at radius 1 is 1.33 bits per heavy atom. The van der Waals surface area contributed by atoms with Gasteiger partial charge in [-0.25, -0.2) is 4.79 Å². The van der Waals surface area contributed by atoms with Crippen LogP contribution in [-0.2, 0) is 20.5 Å². The van der Waals surface area contributed by atoms with Gasteiger partial charge in [-0.2, -0.15) is 13.2 Å². The van der Waals surface area contributed by atoms with Crippen LogP contribution in [0.25, 0.3) is 0 Å². The van der Waals surface area contributed by atoms with E-state index < -0.39 is 34.9 Å². The van der Waals surface area contributed by atoms with Gasteiger partial charge in [-0.3, -0.25) is 0 Å². The topological polar surface area (TPSA) is 78.5 Å². The summed E-state index contributed by atoms with van der Waals surface area (Å²) in [7, 11) is 0. The Balaban J connectivity index is 3.07. The first-order valence-electron chi connectivity index (χ1n) is 5.78. The third-order valence-electron chi connectivity index (χ3n) is 2.32. The number of benzene rings is 1. The van der Waals surface area contributed by atoms with Gasteiger partial charge in [0.1, 0.15) is 0 Å². The number of rotatable bonds is 5. The van der Waals surface area contributed by atoms with E-state index in [1.54, 1.807) is 0 Å². The van der Waals surface area contributed by atoms with Crippen LogP contribution in [0.1, 0.15) is 12.5 Å². The third-order valence-corrected chi connectivity index (χ3v) is 2.32. The van der Waals surface area contributed by atoms with Crippen molar-refractivity contribution in [2.24, 2.45) is 0 Å². The number of para-hydroxylation sites is 1. The maximum atomic E-state index is 12.7. The van der Waals surface area contributed by atoms with Gasteiger partial charge in [0.2, 0.25) is 0 Å². The van der Waals surface area contributed by atoms with E-state index in [0.717, 1.165) is 12.1 Å². The van der Waals surface area contributed by atoms with Gasteiger partial charge < -0.3 is 20.0 Å². The highest BCUT2D eigenvalue weighted by Crippen LogP contribution is 2.34. The summed E-state index contributed by atoms with van der Waals surface area (Å²) in [6, 6.07) is 4.42. The third kappa shape index (κ3) is 4.51. The molecule has 0 spiro atoms. The smallest absolute Gasteiger partial charge is 0.418 e. The number of aliphatic carboxylic acids is 1. The van der Waals surface area contributed by atoms with Crippen LogP contribution in [0.5, 0.6) is 0 Å². The molecule has 0 aliphatic carbocycles. The second kappa shape index (κ2) is 6.78. The number of carboxylic acid groups (broad SMARTS) is 1. The lowest BCUT2D eigenvalue weighted by Crippen LogP contribution is -2.30. The maximum absolute atomic E-state index is 12.7. The van der Waals surface area contributed by atoms with Gasteiger partial charge in [-0.15, -0.1) is 0 Å². The number of carbonyl (C=O) groups excluding carboxylic acids is 2. The van der Waals surface area contributed by atoms with Crippen LogP contribution in [0.2, 0.25) is 0 Å². The maximum Gasteiger partial charge on any atom is 0.418 e. The van der Waals surface area contributed by atoms with Crippen LogP contribution >= 0.6 is 0 Å². The monoisotopic (exact) mass is 302 g/mol. The molecule has 0 radical (unpaired) electrons. The quantitative estimate of drug-likeness (QED) is 0.384. The molecule has 1 aromatic carbocycles. The number of anilines is 1. The Labute approximate surface area is 118 Å². The minimum Gasteiger partial charge on any atom is -0.544 e. The van der Waals surface area contributed by atoms with E-state index >= 15 is 0 Å². The molecular formula is C13H11F3NO4-. The summed E-state index contributed by atoms with van der Waals surface area (Å²) < 4.78 is 42.7. The molecule has 0 fully saturated rings. The van der Waals surface area contributed by atoms with E-state index in [1.165, 1.54) is 19.1 Å². The first-order valence-corrected chi connectivity index (χ1v) is 5.78. The van der Waals surface area contributed by atoms with Gasteiger partial charge in [-0.05, 0) is 19.1 Å². The van der Waals surface area contributed by atoms with Crippen molar-refractivity contribution in [3.63, 3.8) is 0 Å². The molecule has 1 aromatic rings. The van der Waals surface area contributed by atoms with Crippen LogP contribution in [0.15, 0.2) is 36.0 Å². The number of ether oxygens (including phenoxy) is 1. The van der Waals surface area contributed by atoms with Crippen molar-refractivity contribution < 1.29 is 32.6 Å². The van der Waals surface area contributed by atoms with Gasteiger partial charge in [0, 0.05) is 6.20 Å². The predicted octanol–water partition coefficient (Wildman–Crippen LogP) is 1.31. The summed E-state index contributed by atoms with van der Waals surface area (Å²) in [4.78, 5) is 22.1. The van der Waals surface area contributed by atoms with Crippen LogP contribution in [0.4, 0.5) is 18.9 Å². The highest BCUT2D eigenvalue weighted by atomic mass is 19.4. The molecule has 0 aromatic heterocycles. The van der Waals surface area contributed by atoms with E-state index in [0.29, 0.717) is 6.20 Å². The van der Waals surface area contributed by atoms with E-state index in [9.17, 15) is 27.9 Å². The largest absolute Gasteiger partial charge is 0.544 e. The molecule has 0 saturated carbocycles. The molecule has 0 aliphatic rings. The van der Waals surface area contributed by atoms with E-state index in [-0.39, 0.29) is 6.61 Å². The van der Waals surface area contributed by atoms with Crippen molar-refractivity contribution in [1.82, 2.24) is 0 Å². The zero-order valence-electron chi connectivity index (χ0n) is 10.9. The van der Waals surface area contributed by atoms with Crippen molar-refractivity contribution in [2.45, 2.75) is 13.1 Å². The van der Waals surface area contributed by atoms with Crippen LogP contribution in [-0.4, -0.2) is 18.5 Å². The molecular weight excluding hydrogens is 291 g/mol. The fraction of sp³-hybridized carbons (Fsp3) is 0.231. The normalized spacial score (nSPS) is 11.9. The number of carbonyl (C=O) groups is 2. The number of nitrogens with one attached hydrogen (secondary N) is 1. The molecule has 114 valence electrons. The van der Waals surface area contributed by atoms with Crippen molar-refractivity contribution >= 4 is 17.6 Å². The zero-order valence-corrected chi connectivity index (χ0v) is 10.9. The molecule has 0 aliphatic heterocycles. The molecule has 0 amide bonds. The lowest BCUT2D eigenvalue weighted by atomic mass is 10.1. The minimum atomic E-state index is -4.62. The summed E-state index contributed by atoms with van der Waals surface area (Å²) in [5, 5.41) is 12.9. The second-order valence-electron chi connectivity index (χ2n) is 3.75. The SMILES string of the molecule is CCOC(=O)C(=CNc1ccccc1C(F)(F)F)C(=O)[O-]. The molecule has 1 N–H and O–H groups in total. The van der Waals surface area contributed by atoms with Gasteiger partial charge in [-0.1, -0.05) is 12.1 Å². The molecule has 0 heterocycles. The molecule has 8 heteroatoms. The van der Waals surface area contributed by atoms with Crippen LogP contribution in [0, 0.1) is 0 Å². The summed E-state index contributed by atoms with van der Waals surface area (Å²) in [6.07, 6.45) is -4.01.